The normalized spacial score (nSPS) is 12.8. The molecule has 0 spiro atoms. The second-order valence-electron chi connectivity index (χ2n) is 3.86. The predicted octanol–water partition coefficient (Wildman–Crippen LogP) is 4.21. The molecule has 0 saturated heterocycles. The molecule has 0 bridgehead atoms. The van der Waals surface area contributed by atoms with Crippen LogP contribution in [0.25, 0.3) is 0 Å². The minimum atomic E-state index is 0.748. The third-order valence-electron chi connectivity index (χ3n) is 2.34. The number of nitrogens with zero attached hydrogens (tertiary/aromatic N) is 1. The number of pyridine rings is 1. The topological polar surface area (TPSA) is 12.9 Å². The monoisotopic (exact) mass is 287 g/mol. The van der Waals surface area contributed by atoms with E-state index in [2.05, 4.69) is 53.8 Å². The van der Waals surface area contributed by atoms with E-state index in [4.69, 9.17) is 0 Å². The molecule has 3 heteroatoms. The van der Waals surface area contributed by atoms with E-state index < -0.39 is 0 Å². The molecule has 1 aromatic rings. The Bertz CT molecular complexity index is 290. The molecule has 0 aliphatic heterocycles. The van der Waals surface area contributed by atoms with E-state index in [0.717, 1.165) is 27.7 Å². The van der Waals surface area contributed by atoms with Gasteiger partial charge >= 0.3 is 0 Å². The molecule has 1 rings (SSSR count). The minimum absolute atomic E-state index is 0.748. The van der Waals surface area contributed by atoms with Crippen LogP contribution in [0, 0.1) is 19.8 Å². The van der Waals surface area contributed by atoms with Crippen molar-refractivity contribution in [3.05, 3.63) is 23.4 Å². The van der Waals surface area contributed by atoms with Crippen molar-refractivity contribution in [2.24, 2.45) is 5.92 Å². The summed E-state index contributed by atoms with van der Waals surface area (Å²) in [6.07, 6.45) is 1.23. The van der Waals surface area contributed by atoms with Gasteiger partial charge in [0, 0.05) is 16.8 Å². The average molecular weight is 288 g/mol. The molecule has 15 heavy (non-hydrogen) atoms. The summed E-state index contributed by atoms with van der Waals surface area (Å²) in [7, 11) is 0. The molecule has 1 aromatic heterocycles. The van der Waals surface area contributed by atoms with Gasteiger partial charge in [-0.25, -0.2) is 4.98 Å². The molecule has 0 amide bonds. The van der Waals surface area contributed by atoms with Gasteiger partial charge in [-0.2, -0.15) is 0 Å². The number of aromatic nitrogens is 1. The van der Waals surface area contributed by atoms with E-state index >= 15 is 0 Å². The van der Waals surface area contributed by atoms with Crippen LogP contribution in [0.1, 0.15) is 24.6 Å². The number of hydrogen-bond donors (Lipinski definition) is 0. The van der Waals surface area contributed by atoms with Crippen LogP contribution in [0.2, 0.25) is 0 Å². The fourth-order valence-corrected chi connectivity index (χ4v) is 3.58. The van der Waals surface area contributed by atoms with E-state index in [1.165, 1.54) is 12.0 Å². The summed E-state index contributed by atoms with van der Waals surface area (Å²) < 4.78 is 0. The van der Waals surface area contributed by atoms with Crippen LogP contribution in [0.4, 0.5) is 0 Å². The molecule has 0 aromatic carbocycles. The van der Waals surface area contributed by atoms with Crippen molar-refractivity contribution >= 4 is 27.7 Å². The maximum Gasteiger partial charge on any atom is 0.0965 e. The predicted molar refractivity (Wildman–Crippen MR) is 72.0 cm³/mol. The lowest BCUT2D eigenvalue weighted by molar-refractivity contribution is 0.652. The summed E-state index contributed by atoms with van der Waals surface area (Å²) in [6, 6.07) is 4.28. The lowest BCUT2D eigenvalue weighted by Gasteiger charge is -2.10. The van der Waals surface area contributed by atoms with Gasteiger partial charge in [0.15, 0.2) is 0 Å². The van der Waals surface area contributed by atoms with Crippen molar-refractivity contribution in [2.45, 2.75) is 32.2 Å². The third kappa shape index (κ3) is 4.56. The van der Waals surface area contributed by atoms with Gasteiger partial charge in [-0.15, -0.1) is 11.8 Å². The van der Waals surface area contributed by atoms with E-state index in [-0.39, 0.29) is 0 Å². The van der Waals surface area contributed by atoms with Crippen molar-refractivity contribution < 1.29 is 0 Å². The number of thioether (sulfide) groups is 1. The number of hydrogen-bond acceptors (Lipinski definition) is 2. The summed E-state index contributed by atoms with van der Waals surface area (Å²) in [5.74, 6) is 1.90. The second kappa shape index (κ2) is 6.54. The number of halogens is 1. The Labute approximate surface area is 105 Å². The van der Waals surface area contributed by atoms with Crippen molar-refractivity contribution in [1.82, 2.24) is 4.98 Å². The van der Waals surface area contributed by atoms with Crippen molar-refractivity contribution in [2.75, 3.05) is 11.1 Å². The standard InChI is InChI=1S/C12H18BrNS/c1-4-11(7-13)8-15-12-6-9(2)5-10(3)14-12/h5-6,11H,4,7-8H2,1-3H3. The fraction of sp³-hybridized carbons (Fsp3) is 0.583. The molecule has 1 unspecified atom stereocenters. The zero-order chi connectivity index (χ0) is 11.3. The Hall–Kier alpha value is -0.0200. The highest BCUT2D eigenvalue weighted by Crippen LogP contribution is 2.22. The van der Waals surface area contributed by atoms with Crippen LogP contribution in [-0.4, -0.2) is 16.1 Å². The highest BCUT2D eigenvalue weighted by Gasteiger charge is 2.06. The fourth-order valence-electron chi connectivity index (χ4n) is 1.35. The lowest BCUT2D eigenvalue weighted by atomic mass is 10.2. The van der Waals surface area contributed by atoms with Crippen LogP contribution in [0.15, 0.2) is 17.2 Å². The van der Waals surface area contributed by atoms with Crippen molar-refractivity contribution in [3.8, 4) is 0 Å². The SMILES string of the molecule is CCC(CBr)CSc1cc(C)cc(C)n1. The molecule has 84 valence electrons. The first-order valence-electron chi connectivity index (χ1n) is 5.29. The number of rotatable bonds is 5. The zero-order valence-corrected chi connectivity index (χ0v) is 12.0. The van der Waals surface area contributed by atoms with Crippen LogP contribution in [0.5, 0.6) is 0 Å². The van der Waals surface area contributed by atoms with Crippen LogP contribution in [-0.2, 0) is 0 Å². The summed E-state index contributed by atoms with van der Waals surface area (Å²) in [5, 5.41) is 2.24. The third-order valence-corrected chi connectivity index (χ3v) is 4.40. The molecule has 0 saturated carbocycles. The first kappa shape index (κ1) is 13.0. The molecule has 1 heterocycles. The Morgan fingerprint density at radius 3 is 2.67 bits per heavy atom. The lowest BCUT2D eigenvalue weighted by Crippen LogP contribution is -2.03. The number of alkyl halides is 1. The van der Waals surface area contributed by atoms with Crippen molar-refractivity contribution in [3.63, 3.8) is 0 Å². The molecule has 0 aliphatic rings. The zero-order valence-electron chi connectivity index (χ0n) is 9.59. The second-order valence-corrected chi connectivity index (χ2v) is 5.55. The molecule has 1 nitrogen and oxygen atoms in total. The largest absolute Gasteiger partial charge is 0.247 e. The average Bonchev–Trinajstić information content (AvgIpc) is 2.18. The van der Waals surface area contributed by atoms with E-state index in [1.54, 1.807) is 0 Å². The molecule has 0 aliphatic carbocycles. The summed E-state index contributed by atoms with van der Waals surface area (Å²) in [6.45, 7) is 6.42. The van der Waals surface area contributed by atoms with Crippen LogP contribution < -0.4 is 0 Å². The summed E-state index contributed by atoms with van der Waals surface area (Å²) >= 11 is 5.41. The number of aryl methyl sites for hydroxylation is 2. The van der Waals surface area contributed by atoms with E-state index in [9.17, 15) is 0 Å². The van der Waals surface area contributed by atoms with Crippen LogP contribution >= 0.6 is 27.7 Å². The minimum Gasteiger partial charge on any atom is -0.247 e. The van der Waals surface area contributed by atoms with Gasteiger partial charge < -0.3 is 0 Å². The maximum atomic E-state index is 4.52. The maximum absolute atomic E-state index is 4.52. The Morgan fingerprint density at radius 1 is 1.40 bits per heavy atom. The quantitative estimate of drug-likeness (QED) is 0.594. The Kier molecular flexibility index (Phi) is 5.69. The van der Waals surface area contributed by atoms with Gasteiger partial charge in [0.05, 0.1) is 5.03 Å². The van der Waals surface area contributed by atoms with Gasteiger partial charge in [0.2, 0.25) is 0 Å². The first-order chi connectivity index (χ1) is 7.15. The van der Waals surface area contributed by atoms with Gasteiger partial charge in [0.1, 0.15) is 0 Å². The molecule has 0 N–H and O–H groups in total. The molecular formula is C12H18BrNS. The van der Waals surface area contributed by atoms with Crippen LogP contribution in [0.3, 0.4) is 0 Å². The van der Waals surface area contributed by atoms with Gasteiger partial charge in [-0.05, 0) is 37.5 Å². The Balaban J connectivity index is 2.57. The Morgan fingerprint density at radius 2 is 2.13 bits per heavy atom. The van der Waals surface area contributed by atoms with Gasteiger partial charge in [0.25, 0.3) is 0 Å². The van der Waals surface area contributed by atoms with Gasteiger partial charge in [-0.3, -0.25) is 0 Å². The molecular weight excluding hydrogens is 270 g/mol. The van der Waals surface area contributed by atoms with Gasteiger partial charge in [-0.1, -0.05) is 29.3 Å². The molecule has 0 fully saturated rings. The van der Waals surface area contributed by atoms with E-state index in [0.29, 0.717) is 0 Å². The summed E-state index contributed by atoms with van der Waals surface area (Å²) in [5.41, 5.74) is 2.42. The van der Waals surface area contributed by atoms with E-state index in [1.807, 2.05) is 11.8 Å². The smallest absolute Gasteiger partial charge is 0.0965 e. The highest BCUT2D eigenvalue weighted by molar-refractivity contribution is 9.09. The first-order valence-corrected chi connectivity index (χ1v) is 7.40. The molecule has 0 radical (unpaired) electrons. The van der Waals surface area contributed by atoms with Crippen molar-refractivity contribution in [1.29, 1.82) is 0 Å². The highest BCUT2D eigenvalue weighted by atomic mass is 79.9. The molecule has 1 atom stereocenters. The summed E-state index contributed by atoms with van der Waals surface area (Å²) in [4.78, 5) is 4.52.